The SMILES string of the molecule is O=C(NCc1cn2ccsc2n1)c1cccc(Br)c1. The zero-order valence-electron chi connectivity index (χ0n) is 9.84. The molecule has 0 radical (unpaired) electrons. The van der Waals surface area contributed by atoms with E-state index in [1.807, 2.05) is 34.3 Å². The van der Waals surface area contributed by atoms with Gasteiger partial charge in [0, 0.05) is 27.8 Å². The lowest BCUT2D eigenvalue weighted by atomic mass is 10.2. The maximum absolute atomic E-state index is 12.0. The second kappa shape index (κ2) is 5.14. The Kier molecular flexibility index (Phi) is 3.35. The molecule has 0 atom stereocenters. The van der Waals surface area contributed by atoms with Crippen LogP contribution in [0.3, 0.4) is 0 Å². The average molecular weight is 336 g/mol. The number of halogens is 1. The lowest BCUT2D eigenvalue weighted by Crippen LogP contribution is -2.22. The summed E-state index contributed by atoms with van der Waals surface area (Å²) < 4.78 is 2.84. The van der Waals surface area contributed by atoms with E-state index in [4.69, 9.17) is 0 Å². The van der Waals surface area contributed by atoms with E-state index in [-0.39, 0.29) is 5.91 Å². The Labute approximate surface area is 122 Å². The predicted octanol–water partition coefficient (Wildman–Crippen LogP) is 3.09. The molecular formula is C13H10BrN3OS. The number of hydrogen-bond donors (Lipinski definition) is 1. The molecule has 0 bridgehead atoms. The Balaban J connectivity index is 1.69. The number of rotatable bonds is 3. The third kappa shape index (κ3) is 2.69. The van der Waals surface area contributed by atoms with Gasteiger partial charge in [-0.25, -0.2) is 4.98 Å². The molecule has 1 aromatic carbocycles. The van der Waals surface area contributed by atoms with Gasteiger partial charge in [-0.05, 0) is 18.2 Å². The van der Waals surface area contributed by atoms with Gasteiger partial charge in [0.25, 0.3) is 5.91 Å². The molecule has 0 aliphatic carbocycles. The number of imidazole rings is 1. The first-order valence-electron chi connectivity index (χ1n) is 5.67. The standard InChI is InChI=1S/C13H10BrN3OS/c14-10-3-1-2-9(6-10)12(18)15-7-11-8-17-4-5-19-13(17)16-11/h1-6,8H,7H2,(H,15,18). The number of amides is 1. The predicted molar refractivity (Wildman–Crippen MR) is 78.4 cm³/mol. The van der Waals surface area contributed by atoms with Gasteiger partial charge >= 0.3 is 0 Å². The molecule has 0 aliphatic rings. The van der Waals surface area contributed by atoms with E-state index in [9.17, 15) is 4.79 Å². The van der Waals surface area contributed by atoms with Crippen LogP contribution in [0.4, 0.5) is 0 Å². The molecule has 0 fully saturated rings. The van der Waals surface area contributed by atoms with Crippen molar-refractivity contribution in [3.63, 3.8) is 0 Å². The average Bonchev–Trinajstić information content (AvgIpc) is 2.96. The molecular weight excluding hydrogens is 326 g/mol. The Morgan fingerprint density at radius 2 is 2.37 bits per heavy atom. The van der Waals surface area contributed by atoms with Gasteiger partial charge in [-0.1, -0.05) is 22.0 Å². The third-order valence-corrected chi connectivity index (χ3v) is 3.92. The number of carbonyl (C=O) groups excluding carboxylic acids is 1. The molecule has 1 N–H and O–H groups in total. The molecule has 6 heteroatoms. The fourth-order valence-corrected chi connectivity index (χ4v) is 2.88. The molecule has 0 spiro atoms. The zero-order valence-corrected chi connectivity index (χ0v) is 12.2. The van der Waals surface area contributed by atoms with E-state index in [0.717, 1.165) is 15.1 Å². The summed E-state index contributed by atoms with van der Waals surface area (Å²) in [5, 5.41) is 4.84. The van der Waals surface area contributed by atoms with Gasteiger partial charge < -0.3 is 5.32 Å². The molecule has 0 unspecified atom stereocenters. The third-order valence-electron chi connectivity index (χ3n) is 2.66. The van der Waals surface area contributed by atoms with Gasteiger partial charge in [-0.3, -0.25) is 9.20 Å². The van der Waals surface area contributed by atoms with E-state index in [1.165, 1.54) is 0 Å². The topological polar surface area (TPSA) is 46.4 Å². The highest BCUT2D eigenvalue weighted by molar-refractivity contribution is 9.10. The Bertz CT molecular complexity index is 706. The van der Waals surface area contributed by atoms with Crippen molar-refractivity contribution in [2.75, 3.05) is 0 Å². The molecule has 0 aliphatic heterocycles. The van der Waals surface area contributed by atoms with E-state index in [1.54, 1.807) is 23.5 Å². The van der Waals surface area contributed by atoms with Crippen molar-refractivity contribution in [2.24, 2.45) is 0 Å². The minimum Gasteiger partial charge on any atom is -0.346 e. The molecule has 3 aromatic rings. The van der Waals surface area contributed by atoms with Crippen molar-refractivity contribution in [3.8, 4) is 0 Å². The second-order valence-electron chi connectivity index (χ2n) is 4.02. The van der Waals surface area contributed by atoms with Crippen molar-refractivity contribution in [1.29, 1.82) is 0 Å². The number of hydrogen-bond acceptors (Lipinski definition) is 3. The maximum atomic E-state index is 12.0. The highest BCUT2D eigenvalue weighted by Crippen LogP contribution is 2.13. The van der Waals surface area contributed by atoms with Crippen molar-refractivity contribution >= 4 is 38.1 Å². The summed E-state index contributed by atoms with van der Waals surface area (Å²) in [4.78, 5) is 17.3. The second-order valence-corrected chi connectivity index (χ2v) is 5.81. The number of carbonyl (C=O) groups is 1. The molecule has 96 valence electrons. The summed E-state index contributed by atoms with van der Waals surface area (Å²) in [5.74, 6) is -0.0994. The molecule has 2 heterocycles. The molecule has 19 heavy (non-hydrogen) atoms. The van der Waals surface area contributed by atoms with Crippen LogP contribution in [-0.2, 0) is 6.54 Å². The lowest BCUT2D eigenvalue weighted by molar-refractivity contribution is 0.0950. The molecule has 4 nitrogen and oxygen atoms in total. The van der Waals surface area contributed by atoms with Gasteiger partial charge in [-0.15, -0.1) is 11.3 Å². The first kappa shape index (κ1) is 12.4. The number of fused-ring (bicyclic) bond motifs is 1. The van der Waals surface area contributed by atoms with Crippen LogP contribution < -0.4 is 5.32 Å². The van der Waals surface area contributed by atoms with Crippen molar-refractivity contribution in [1.82, 2.24) is 14.7 Å². The molecule has 0 saturated carbocycles. The lowest BCUT2D eigenvalue weighted by Gasteiger charge is -2.03. The quantitative estimate of drug-likeness (QED) is 0.799. The summed E-state index contributed by atoms with van der Waals surface area (Å²) in [7, 11) is 0. The summed E-state index contributed by atoms with van der Waals surface area (Å²) in [6.07, 6.45) is 3.87. The minimum absolute atomic E-state index is 0.0994. The highest BCUT2D eigenvalue weighted by Gasteiger charge is 2.07. The van der Waals surface area contributed by atoms with Crippen LogP contribution >= 0.6 is 27.3 Å². The Morgan fingerprint density at radius 1 is 1.47 bits per heavy atom. The van der Waals surface area contributed by atoms with Gasteiger partial charge in [0.2, 0.25) is 0 Å². The monoisotopic (exact) mass is 335 g/mol. The number of nitrogens with one attached hydrogen (secondary N) is 1. The van der Waals surface area contributed by atoms with Crippen LogP contribution in [0.5, 0.6) is 0 Å². The van der Waals surface area contributed by atoms with Gasteiger partial charge in [0.15, 0.2) is 4.96 Å². The van der Waals surface area contributed by atoms with E-state index >= 15 is 0 Å². The van der Waals surface area contributed by atoms with Gasteiger partial charge in [0.1, 0.15) is 0 Å². The number of aromatic nitrogens is 2. The van der Waals surface area contributed by atoms with Crippen molar-refractivity contribution in [3.05, 3.63) is 57.8 Å². The Hall–Kier alpha value is -1.66. The van der Waals surface area contributed by atoms with Crippen LogP contribution in [0.15, 0.2) is 46.5 Å². The van der Waals surface area contributed by atoms with Crippen LogP contribution in [0.1, 0.15) is 16.1 Å². The molecule has 0 saturated heterocycles. The number of nitrogens with zero attached hydrogens (tertiary/aromatic N) is 2. The Morgan fingerprint density at radius 3 is 3.16 bits per heavy atom. The minimum atomic E-state index is -0.0994. The number of benzene rings is 1. The smallest absolute Gasteiger partial charge is 0.251 e. The van der Waals surface area contributed by atoms with Crippen LogP contribution in [-0.4, -0.2) is 15.3 Å². The van der Waals surface area contributed by atoms with E-state index in [0.29, 0.717) is 12.1 Å². The largest absolute Gasteiger partial charge is 0.346 e. The maximum Gasteiger partial charge on any atom is 0.251 e. The molecule has 3 rings (SSSR count). The fraction of sp³-hybridized carbons (Fsp3) is 0.0769. The van der Waals surface area contributed by atoms with Crippen LogP contribution in [0.2, 0.25) is 0 Å². The van der Waals surface area contributed by atoms with E-state index < -0.39 is 0 Å². The fourth-order valence-electron chi connectivity index (χ4n) is 1.76. The summed E-state index contributed by atoms with van der Waals surface area (Å²) >= 11 is 4.92. The zero-order chi connectivity index (χ0) is 13.2. The summed E-state index contributed by atoms with van der Waals surface area (Å²) in [6, 6.07) is 7.30. The van der Waals surface area contributed by atoms with Gasteiger partial charge in [0.05, 0.1) is 12.2 Å². The first-order chi connectivity index (χ1) is 9.22. The van der Waals surface area contributed by atoms with E-state index in [2.05, 4.69) is 26.2 Å². The van der Waals surface area contributed by atoms with Gasteiger partial charge in [-0.2, -0.15) is 0 Å². The van der Waals surface area contributed by atoms with Crippen molar-refractivity contribution < 1.29 is 4.79 Å². The number of thiazole rings is 1. The van der Waals surface area contributed by atoms with Crippen molar-refractivity contribution in [2.45, 2.75) is 6.54 Å². The normalized spacial score (nSPS) is 10.8. The van der Waals surface area contributed by atoms with Crippen LogP contribution in [0, 0.1) is 0 Å². The molecule has 2 aromatic heterocycles. The summed E-state index contributed by atoms with van der Waals surface area (Å²) in [6.45, 7) is 0.430. The molecule has 1 amide bonds. The van der Waals surface area contributed by atoms with Crippen LogP contribution in [0.25, 0.3) is 4.96 Å². The first-order valence-corrected chi connectivity index (χ1v) is 7.34. The summed E-state index contributed by atoms with van der Waals surface area (Å²) in [5.41, 5.74) is 1.49. The highest BCUT2D eigenvalue weighted by atomic mass is 79.9.